The highest BCUT2D eigenvalue weighted by Gasteiger charge is 2.71. The van der Waals surface area contributed by atoms with Gasteiger partial charge in [-0.1, -0.05) is 22.0 Å². The fourth-order valence-electron chi connectivity index (χ4n) is 5.88. The summed E-state index contributed by atoms with van der Waals surface area (Å²) in [4.78, 5) is 15.4. The quantitative estimate of drug-likeness (QED) is 0.606. The Kier molecular flexibility index (Phi) is 3.25. The third-order valence-electron chi connectivity index (χ3n) is 6.88. The second kappa shape index (κ2) is 4.98. The van der Waals surface area contributed by atoms with Crippen LogP contribution in [0.4, 0.5) is 0 Å². The Bertz CT molecular complexity index is 743. The molecule has 4 nitrogen and oxygen atoms in total. The number of ether oxygens (including phenoxy) is 2. The van der Waals surface area contributed by atoms with Crippen molar-refractivity contribution in [2.45, 2.75) is 25.0 Å². The predicted octanol–water partition coefficient (Wildman–Crippen LogP) is 3.34. The Hall–Kier alpha value is -0.590. The van der Waals surface area contributed by atoms with Crippen molar-refractivity contribution in [3.05, 3.63) is 32.6 Å². The number of piperidine rings is 1. The van der Waals surface area contributed by atoms with Crippen molar-refractivity contribution in [1.29, 1.82) is 0 Å². The molecule has 3 fully saturated rings. The van der Waals surface area contributed by atoms with E-state index < -0.39 is 6.10 Å². The molecule has 0 radical (unpaired) electrons. The van der Waals surface area contributed by atoms with Crippen LogP contribution in [0.3, 0.4) is 0 Å². The first-order chi connectivity index (χ1) is 11.5. The third-order valence-corrected chi connectivity index (χ3v) is 8.35. The molecule has 1 spiro atoms. The normalized spacial score (nSPS) is 46.2. The van der Waals surface area contributed by atoms with Crippen LogP contribution in [0.1, 0.15) is 12.8 Å². The second-order valence-electron chi connectivity index (χ2n) is 7.59. The number of carbonyl (C=O) groups is 1. The van der Waals surface area contributed by atoms with E-state index in [0.29, 0.717) is 22.4 Å². The Morgan fingerprint density at radius 1 is 1.42 bits per heavy atom. The largest absolute Gasteiger partial charge is 0.493 e. The van der Waals surface area contributed by atoms with E-state index in [-0.39, 0.29) is 17.1 Å². The molecular weight excluding hydrogens is 438 g/mol. The molecule has 6 atom stereocenters. The third kappa shape index (κ3) is 1.65. The molecular formula is C18H19Br2NO3. The van der Waals surface area contributed by atoms with E-state index in [4.69, 9.17) is 9.47 Å². The highest BCUT2D eigenvalue weighted by molar-refractivity contribution is 9.12. The minimum Gasteiger partial charge on any atom is -0.493 e. The summed E-state index contributed by atoms with van der Waals surface area (Å²) in [6.45, 7) is 1.01. The van der Waals surface area contributed by atoms with Crippen molar-refractivity contribution in [2.24, 2.45) is 23.2 Å². The van der Waals surface area contributed by atoms with E-state index >= 15 is 0 Å². The van der Waals surface area contributed by atoms with Gasteiger partial charge in [-0.25, -0.2) is 0 Å². The fourth-order valence-corrected chi connectivity index (χ4v) is 7.03. The van der Waals surface area contributed by atoms with Gasteiger partial charge in [0.1, 0.15) is 5.76 Å². The molecule has 2 aliphatic heterocycles. The summed E-state index contributed by atoms with van der Waals surface area (Å²) in [6, 6.07) is 0.441. The van der Waals surface area contributed by atoms with Gasteiger partial charge in [0, 0.05) is 33.7 Å². The molecule has 2 heterocycles. The fraction of sp³-hybridized carbons (Fsp3) is 0.611. The number of likely N-dealkylation sites (tertiary alicyclic amines) is 1. The smallest absolute Gasteiger partial charge is 0.210 e. The highest BCUT2D eigenvalue weighted by atomic mass is 79.9. The van der Waals surface area contributed by atoms with Gasteiger partial charge < -0.3 is 14.4 Å². The molecule has 5 rings (SSSR count). The second-order valence-corrected chi connectivity index (χ2v) is 9.36. The maximum atomic E-state index is 12.9. The van der Waals surface area contributed by atoms with E-state index in [0.717, 1.165) is 30.9 Å². The molecule has 0 aromatic heterocycles. The molecule has 128 valence electrons. The number of halogens is 2. The zero-order valence-corrected chi connectivity index (χ0v) is 16.8. The van der Waals surface area contributed by atoms with E-state index in [1.54, 1.807) is 7.11 Å². The molecule has 2 unspecified atom stereocenters. The molecule has 5 aliphatic rings. The van der Waals surface area contributed by atoms with Crippen LogP contribution in [0.15, 0.2) is 32.6 Å². The zero-order valence-electron chi connectivity index (χ0n) is 13.6. The lowest BCUT2D eigenvalue weighted by Gasteiger charge is -2.59. The molecule has 6 heteroatoms. The van der Waals surface area contributed by atoms with Gasteiger partial charge in [0.05, 0.1) is 11.6 Å². The molecule has 0 aromatic carbocycles. The first-order valence-corrected chi connectivity index (χ1v) is 10.0. The maximum absolute atomic E-state index is 12.9. The van der Waals surface area contributed by atoms with Crippen molar-refractivity contribution in [3.63, 3.8) is 0 Å². The summed E-state index contributed by atoms with van der Waals surface area (Å²) in [5, 5.41) is 0. The summed E-state index contributed by atoms with van der Waals surface area (Å²) >= 11 is 7.29. The van der Waals surface area contributed by atoms with Crippen LogP contribution in [0.2, 0.25) is 0 Å². The molecule has 3 aliphatic carbocycles. The van der Waals surface area contributed by atoms with Crippen molar-refractivity contribution in [3.8, 4) is 0 Å². The number of Topliss-reactive ketones (excluding diaryl/α,β-unsaturated/α-hetero) is 1. The number of methoxy groups -OCH3 is 1. The van der Waals surface area contributed by atoms with E-state index in [9.17, 15) is 4.79 Å². The minimum atomic E-state index is -0.391. The van der Waals surface area contributed by atoms with Gasteiger partial charge in [-0.2, -0.15) is 0 Å². The molecule has 24 heavy (non-hydrogen) atoms. The van der Waals surface area contributed by atoms with Gasteiger partial charge >= 0.3 is 0 Å². The first-order valence-electron chi connectivity index (χ1n) is 8.42. The standard InChI is InChI=1S/C18H19Br2NO3/c1-21-4-3-18-9-6-11(20)15(22)17(18)24-16-13(23-2)7-10(19)8(14(16)18)5-12(9)21/h6-9,12,14,17H,3-5H2,1-2H3/t8?,9-,12+,14?,17-,18-/m0/s1. The van der Waals surface area contributed by atoms with Crippen LogP contribution in [-0.2, 0) is 14.3 Å². The van der Waals surface area contributed by atoms with Crippen LogP contribution >= 0.6 is 31.9 Å². The van der Waals surface area contributed by atoms with Crippen molar-refractivity contribution < 1.29 is 14.3 Å². The summed E-state index contributed by atoms with van der Waals surface area (Å²) in [7, 11) is 3.88. The number of rotatable bonds is 1. The van der Waals surface area contributed by atoms with Gasteiger partial charge in [0.15, 0.2) is 11.9 Å². The van der Waals surface area contributed by atoms with Crippen molar-refractivity contribution in [1.82, 2.24) is 4.90 Å². The first kappa shape index (κ1) is 15.6. The number of allylic oxidation sites excluding steroid dienone is 3. The maximum Gasteiger partial charge on any atom is 0.210 e. The molecule has 2 saturated heterocycles. The van der Waals surface area contributed by atoms with Gasteiger partial charge in [-0.05, 0) is 48.4 Å². The van der Waals surface area contributed by atoms with Crippen LogP contribution in [-0.4, -0.2) is 43.5 Å². The summed E-state index contributed by atoms with van der Waals surface area (Å²) < 4.78 is 13.8. The van der Waals surface area contributed by atoms with Crippen LogP contribution in [0.5, 0.6) is 0 Å². The van der Waals surface area contributed by atoms with Crippen molar-refractivity contribution in [2.75, 3.05) is 20.7 Å². The molecule has 2 bridgehead atoms. The lowest BCUT2D eigenvalue weighted by molar-refractivity contribution is -0.141. The Balaban J connectivity index is 1.77. The summed E-state index contributed by atoms with van der Waals surface area (Å²) in [6.07, 6.45) is 5.87. The summed E-state index contributed by atoms with van der Waals surface area (Å²) in [5.41, 5.74) is -0.138. The Morgan fingerprint density at radius 3 is 2.96 bits per heavy atom. The SMILES string of the molecule is COC1=C2O[C@H]3C(=O)C(Br)=C[C@H]4[C@H]5CC(C(Br)=C1)C2[C@@]34CCN5C. The Labute approximate surface area is 158 Å². The van der Waals surface area contributed by atoms with Crippen molar-refractivity contribution >= 4 is 37.6 Å². The number of hydrogen-bond acceptors (Lipinski definition) is 4. The zero-order chi connectivity index (χ0) is 16.8. The average Bonchev–Trinajstić information content (AvgIpc) is 2.90. The molecule has 0 amide bonds. The Morgan fingerprint density at radius 2 is 2.21 bits per heavy atom. The topological polar surface area (TPSA) is 38.8 Å². The number of ketones is 1. The van der Waals surface area contributed by atoms with Crippen LogP contribution < -0.4 is 0 Å². The molecule has 0 aromatic rings. The molecule has 1 saturated carbocycles. The van der Waals surface area contributed by atoms with E-state index in [1.807, 2.05) is 6.08 Å². The van der Waals surface area contributed by atoms with E-state index in [1.165, 1.54) is 4.48 Å². The monoisotopic (exact) mass is 455 g/mol. The van der Waals surface area contributed by atoms with Gasteiger partial charge in [0.25, 0.3) is 0 Å². The van der Waals surface area contributed by atoms with Crippen LogP contribution in [0.25, 0.3) is 0 Å². The van der Waals surface area contributed by atoms with Gasteiger partial charge in [-0.15, -0.1) is 0 Å². The minimum absolute atomic E-state index is 0.0867. The number of hydrogen-bond donors (Lipinski definition) is 0. The van der Waals surface area contributed by atoms with Gasteiger partial charge in [0.2, 0.25) is 5.78 Å². The van der Waals surface area contributed by atoms with Crippen LogP contribution in [0, 0.1) is 23.2 Å². The lowest BCUT2D eigenvalue weighted by Crippen LogP contribution is -2.65. The lowest BCUT2D eigenvalue weighted by atomic mass is 9.48. The predicted molar refractivity (Wildman–Crippen MR) is 96.5 cm³/mol. The molecule has 0 N–H and O–H groups in total. The van der Waals surface area contributed by atoms with Gasteiger partial charge in [-0.3, -0.25) is 4.79 Å². The average molecular weight is 457 g/mol. The number of nitrogens with zero attached hydrogens (tertiary/aromatic N) is 1. The number of carbonyl (C=O) groups excluding carboxylic acids is 1. The summed E-state index contributed by atoms with van der Waals surface area (Å²) in [5.74, 6) is 2.69. The van der Waals surface area contributed by atoms with E-state index in [2.05, 4.69) is 49.9 Å². The highest BCUT2D eigenvalue weighted by Crippen LogP contribution is 2.68.